The van der Waals surface area contributed by atoms with E-state index in [-0.39, 0.29) is 29.6 Å². The van der Waals surface area contributed by atoms with Crippen molar-refractivity contribution in [2.75, 3.05) is 19.7 Å². The Morgan fingerprint density at radius 1 is 1.32 bits per heavy atom. The molecule has 1 aliphatic rings. The second-order valence-electron chi connectivity index (χ2n) is 7.51. The van der Waals surface area contributed by atoms with E-state index in [0.717, 1.165) is 12.8 Å². The Hall–Kier alpha value is -2.46. The lowest BCUT2D eigenvalue weighted by Gasteiger charge is -2.23. The van der Waals surface area contributed by atoms with Gasteiger partial charge in [-0.1, -0.05) is 12.1 Å². The van der Waals surface area contributed by atoms with E-state index in [1.165, 1.54) is 30.5 Å². The highest BCUT2D eigenvalue weighted by Crippen LogP contribution is 2.22. The van der Waals surface area contributed by atoms with Crippen molar-refractivity contribution in [3.8, 4) is 0 Å². The van der Waals surface area contributed by atoms with Crippen LogP contribution in [0.2, 0.25) is 0 Å². The number of aromatic nitrogens is 2. The number of imidazole rings is 1. The Morgan fingerprint density at radius 2 is 2.06 bits per heavy atom. The van der Waals surface area contributed by atoms with Crippen LogP contribution in [0.1, 0.15) is 37.9 Å². The molecule has 2 amide bonds. The van der Waals surface area contributed by atoms with Crippen molar-refractivity contribution >= 4 is 15.9 Å². The van der Waals surface area contributed by atoms with Crippen LogP contribution in [0.3, 0.4) is 0 Å². The standard InChI is InChI=1S/C21H29FN4O4S/c1-3-23-20(27)25(4-2)13-18-12-24-21(26(18)14-19-6-5-11-30-19)31(28,29)15-16-7-9-17(22)10-8-16/h7-10,12,19H,3-6,11,13-15H2,1-2H3,(H,23,27)/t19-/m1/s1. The molecule has 1 aromatic heterocycles. The number of amides is 2. The number of rotatable bonds is 9. The van der Waals surface area contributed by atoms with Gasteiger partial charge >= 0.3 is 6.03 Å². The summed E-state index contributed by atoms with van der Waals surface area (Å²) in [7, 11) is -3.80. The molecule has 1 atom stereocenters. The van der Waals surface area contributed by atoms with Gasteiger partial charge < -0.3 is 19.5 Å². The maximum absolute atomic E-state index is 13.2. The van der Waals surface area contributed by atoms with Crippen LogP contribution in [0.5, 0.6) is 0 Å². The van der Waals surface area contributed by atoms with Gasteiger partial charge in [-0.25, -0.2) is 22.6 Å². The predicted molar refractivity (Wildman–Crippen MR) is 114 cm³/mol. The molecule has 1 aliphatic heterocycles. The molecule has 0 radical (unpaired) electrons. The summed E-state index contributed by atoms with van der Waals surface area (Å²) >= 11 is 0. The molecule has 1 N–H and O–H groups in total. The highest BCUT2D eigenvalue weighted by atomic mass is 32.2. The van der Waals surface area contributed by atoms with Gasteiger partial charge in [-0.3, -0.25) is 0 Å². The normalized spacial score (nSPS) is 16.4. The Kier molecular flexibility index (Phi) is 7.66. The van der Waals surface area contributed by atoms with Crippen molar-refractivity contribution in [1.29, 1.82) is 0 Å². The zero-order valence-corrected chi connectivity index (χ0v) is 18.7. The minimum absolute atomic E-state index is 0.0609. The second kappa shape index (κ2) is 10.2. The van der Waals surface area contributed by atoms with E-state index < -0.39 is 15.7 Å². The average molecular weight is 453 g/mol. The fourth-order valence-corrected chi connectivity index (χ4v) is 5.11. The molecule has 3 rings (SSSR count). The first-order valence-electron chi connectivity index (χ1n) is 10.5. The van der Waals surface area contributed by atoms with Gasteiger partial charge in [0.25, 0.3) is 0 Å². The van der Waals surface area contributed by atoms with Gasteiger partial charge in [0.15, 0.2) is 0 Å². The summed E-state index contributed by atoms with van der Waals surface area (Å²) in [6, 6.07) is 5.16. The number of hydrogen-bond donors (Lipinski definition) is 1. The fourth-order valence-electron chi connectivity index (χ4n) is 3.60. The summed E-state index contributed by atoms with van der Waals surface area (Å²) in [5, 5.41) is 2.71. The molecule has 0 saturated carbocycles. The Balaban J connectivity index is 1.91. The highest BCUT2D eigenvalue weighted by molar-refractivity contribution is 7.90. The zero-order valence-electron chi connectivity index (χ0n) is 17.9. The van der Waals surface area contributed by atoms with Crippen LogP contribution in [0.25, 0.3) is 0 Å². The monoisotopic (exact) mass is 452 g/mol. The molecular formula is C21H29FN4O4S. The summed E-state index contributed by atoms with van der Waals surface area (Å²) in [6.07, 6.45) is 3.16. The third-order valence-corrected chi connectivity index (χ3v) is 6.81. The number of hydrogen-bond acceptors (Lipinski definition) is 5. The second-order valence-corrected chi connectivity index (χ2v) is 9.40. The summed E-state index contributed by atoms with van der Waals surface area (Å²) in [4.78, 5) is 18.1. The van der Waals surface area contributed by atoms with Gasteiger partial charge in [-0.05, 0) is 44.4 Å². The molecule has 1 aromatic carbocycles. The van der Waals surface area contributed by atoms with Crippen molar-refractivity contribution < 1.29 is 22.3 Å². The van der Waals surface area contributed by atoms with Crippen LogP contribution < -0.4 is 5.32 Å². The molecule has 1 saturated heterocycles. The van der Waals surface area contributed by atoms with Crippen LogP contribution in [-0.4, -0.2) is 54.7 Å². The van der Waals surface area contributed by atoms with E-state index in [2.05, 4.69) is 10.3 Å². The molecule has 170 valence electrons. The maximum Gasteiger partial charge on any atom is 0.317 e. The molecule has 31 heavy (non-hydrogen) atoms. The summed E-state index contributed by atoms with van der Waals surface area (Å²) < 4.78 is 46.9. The van der Waals surface area contributed by atoms with Gasteiger partial charge in [0.05, 0.1) is 36.8 Å². The van der Waals surface area contributed by atoms with E-state index in [9.17, 15) is 17.6 Å². The van der Waals surface area contributed by atoms with Gasteiger partial charge in [0.2, 0.25) is 15.0 Å². The first-order chi connectivity index (χ1) is 14.8. The lowest BCUT2D eigenvalue weighted by atomic mass is 10.2. The average Bonchev–Trinajstić information content (AvgIpc) is 3.38. The molecule has 8 nitrogen and oxygen atoms in total. The number of halogens is 1. The topological polar surface area (TPSA) is 93.5 Å². The van der Waals surface area contributed by atoms with Crippen molar-refractivity contribution in [3.63, 3.8) is 0 Å². The van der Waals surface area contributed by atoms with Gasteiger partial charge in [0.1, 0.15) is 5.82 Å². The lowest BCUT2D eigenvalue weighted by Crippen LogP contribution is -2.39. The van der Waals surface area contributed by atoms with E-state index in [4.69, 9.17) is 4.74 Å². The number of ether oxygens (including phenoxy) is 1. The largest absolute Gasteiger partial charge is 0.376 e. The lowest BCUT2D eigenvalue weighted by molar-refractivity contribution is 0.0935. The molecular weight excluding hydrogens is 423 g/mol. The number of carbonyl (C=O) groups is 1. The molecule has 0 bridgehead atoms. The first-order valence-corrected chi connectivity index (χ1v) is 12.1. The van der Waals surface area contributed by atoms with E-state index in [1.54, 1.807) is 9.47 Å². The molecule has 2 heterocycles. The summed E-state index contributed by atoms with van der Waals surface area (Å²) in [6.45, 7) is 5.90. The van der Waals surface area contributed by atoms with Crippen LogP contribution in [0, 0.1) is 5.82 Å². The molecule has 1 fully saturated rings. The first kappa shape index (κ1) is 23.2. The van der Waals surface area contributed by atoms with Crippen LogP contribution in [-0.2, 0) is 33.4 Å². The van der Waals surface area contributed by atoms with Crippen molar-refractivity contribution in [3.05, 3.63) is 47.5 Å². The van der Waals surface area contributed by atoms with E-state index in [0.29, 0.717) is 37.5 Å². The van der Waals surface area contributed by atoms with E-state index >= 15 is 0 Å². The van der Waals surface area contributed by atoms with Crippen molar-refractivity contribution in [1.82, 2.24) is 19.8 Å². The number of nitrogens with one attached hydrogen (secondary N) is 1. The molecule has 0 aliphatic carbocycles. The molecule has 0 spiro atoms. The van der Waals surface area contributed by atoms with Gasteiger partial charge in [0, 0.05) is 19.7 Å². The number of sulfone groups is 1. The Morgan fingerprint density at radius 3 is 2.68 bits per heavy atom. The SMILES string of the molecule is CCNC(=O)N(CC)Cc1cnc(S(=O)(=O)Cc2ccc(F)cc2)n1C[C@H]1CCCO1. The minimum Gasteiger partial charge on any atom is -0.376 e. The third-order valence-electron chi connectivity index (χ3n) is 5.21. The minimum atomic E-state index is -3.80. The predicted octanol–water partition coefficient (Wildman–Crippen LogP) is 2.73. The van der Waals surface area contributed by atoms with Crippen LogP contribution in [0.15, 0.2) is 35.6 Å². The van der Waals surface area contributed by atoms with E-state index in [1.807, 2.05) is 13.8 Å². The Bertz CT molecular complexity index is 985. The van der Waals surface area contributed by atoms with Crippen LogP contribution >= 0.6 is 0 Å². The number of urea groups is 1. The fraction of sp³-hybridized carbons (Fsp3) is 0.524. The number of nitrogens with zero attached hydrogens (tertiary/aromatic N) is 3. The maximum atomic E-state index is 13.2. The zero-order chi connectivity index (χ0) is 22.4. The Labute approximate surface area is 182 Å². The number of benzene rings is 1. The third kappa shape index (κ3) is 5.82. The number of carbonyl (C=O) groups excluding carboxylic acids is 1. The smallest absolute Gasteiger partial charge is 0.317 e. The molecule has 2 aromatic rings. The van der Waals surface area contributed by atoms with Crippen molar-refractivity contribution in [2.24, 2.45) is 0 Å². The van der Waals surface area contributed by atoms with Gasteiger partial charge in [-0.15, -0.1) is 0 Å². The molecule has 10 heteroatoms. The molecule has 0 unspecified atom stereocenters. The summed E-state index contributed by atoms with van der Waals surface area (Å²) in [5.74, 6) is -0.711. The van der Waals surface area contributed by atoms with Crippen LogP contribution in [0.4, 0.5) is 9.18 Å². The highest BCUT2D eigenvalue weighted by Gasteiger charge is 2.28. The quantitative estimate of drug-likeness (QED) is 0.631. The van der Waals surface area contributed by atoms with Crippen molar-refractivity contribution in [2.45, 2.75) is 56.8 Å². The van der Waals surface area contributed by atoms with Gasteiger partial charge in [-0.2, -0.15) is 0 Å². The summed E-state index contributed by atoms with van der Waals surface area (Å²) in [5.41, 5.74) is 1.11.